The summed E-state index contributed by atoms with van der Waals surface area (Å²) >= 11 is 0. The van der Waals surface area contributed by atoms with E-state index in [-0.39, 0.29) is 11.8 Å². The average Bonchev–Trinajstić information content (AvgIpc) is 2.56. The van der Waals surface area contributed by atoms with Gasteiger partial charge in [-0.1, -0.05) is 12.2 Å². The van der Waals surface area contributed by atoms with E-state index in [1.54, 1.807) is 13.3 Å². The molecule has 24 heavy (non-hydrogen) atoms. The summed E-state index contributed by atoms with van der Waals surface area (Å²) in [5.41, 5.74) is 3.77. The fourth-order valence-electron chi connectivity index (χ4n) is 2.19. The molecule has 1 aromatic rings. The molecule has 130 valence electrons. The summed E-state index contributed by atoms with van der Waals surface area (Å²) in [5, 5.41) is 4.22. The molecule has 0 bridgehead atoms. The number of nitrogens with one attached hydrogen (secondary N) is 1. The van der Waals surface area contributed by atoms with Crippen LogP contribution in [0.4, 0.5) is 5.69 Å². The number of anilines is 1. The smallest absolute Gasteiger partial charge is 0.264 e. The second-order valence-electron chi connectivity index (χ2n) is 5.21. The Labute approximate surface area is 142 Å². The molecule has 1 aromatic carbocycles. The Morgan fingerprint density at radius 3 is 2.75 bits per heavy atom. The van der Waals surface area contributed by atoms with Crippen molar-refractivity contribution in [2.24, 2.45) is 5.10 Å². The number of nitrogens with zero attached hydrogens (tertiary/aromatic N) is 2. The number of benzene rings is 1. The molecule has 0 saturated carbocycles. The minimum absolute atomic E-state index is 0.0813. The number of rotatable bonds is 8. The van der Waals surface area contributed by atoms with E-state index in [0.717, 1.165) is 11.4 Å². The highest BCUT2D eigenvalue weighted by Crippen LogP contribution is 2.15. The van der Waals surface area contributed by atoms with Crippen molar-refractivity contribution in [2.45, 2.75) is 12.5 Å². The van der Waals surface area contributed by atoms with Gasteiger partial charge in [0.05, 0.1) is 30.8 Å². The minimum Gasteiger partial charge on any atom is -0.497 e. The van der Waals surface area contributed by atoms with Crippen molar-refractivity contribution in [3.8, 4) is 5.75 Å². The van der Waals surface area contributed by atoms with Crippen LogP contribution >= 0.6 is 0 Å². The van der Waals surface area contributed by atoms with Gasteiger partial charge in [0.25, 0.3) is 10.1 Å². The van der Waals surface area contributed by atoms with Gasteiger partial charge < -0.3 is 9.64 Å². The van der Waals surface area contributed by atoms with Crippen molar-refractivity contribution in [3.63, 3.8) is 0 Å². The van der Waals surface area contributed by atoms with Crippen LogP contribution in [-0.2, 0) is 10.1 Å². The Bertz CT molecular complexity index is 711. The molecule has 0 amide bonds. The first-order valence-corrected chi connectivity index (χ1v) is 9.08. The van der Waals surface area contributed by atoms with Crippen molar-refractivity contribution in [3.05, 3.63) is 48.7 Å². The predicted molar refractivity (Wildman–Crippen MR) is 94.9 cm³/mol. The molecular formula is C16H21N3O4S. The summed E-state index contributed by atoms with van der Waals surface area (Å²) < 4.78 is 35.5. The van der Waals surface area contributed by atoms with Crippen LogP contribution in [-0.4, -0.2) is 49.5 Å². The zero-order valence-electron chi connectivity index (χ0n) is 13.4. The summed E-state index contributed by atoms with van der Waals surface area (Å²) in [7, 11) is -2.31. The maximum Gasteiger partial charge on any atom is 0.264 e. The number of methoxy groups -OCH3 is 1. The predicted octanol–water partition coefficient (Wildman–Crippen LogP) is 2.12. The largest absolute Gasteiger partial charge is 0.497 e. The molecule has 2 N–H and O–H groups in total. The third-order valence-electron chi connectivity index (χ3n) is 3.41. The maximum absolute atomic E-state index is 10.8. The molecule has 1 heterocycles. The molecule has 0 aliphatic carbocycles. The van der Waals surface area contributed by atoms with E-state index in [1.165, 1.54) is 0 Å². The Morgan fingerprint density at radius 2 is 2.08 bits per heavy atom. The molecule has 1 aliphatic rings. The van der Waals surface area contributed by atoms with Gasteiger partial charge in [0.15, 0.2) is 0 Å². The topological polar surface area (TPSA) is 91.2 Å². The summed E-state index contributed by atoms with van der Waals surface area (Å²) in [6.07, 6.45) is 9.67. The van der Waals surface area contributed by atoms with Crippen LogP contribution < -0.4 is 10.2 Å². The zero-order valence-corrected chi connectivity index (χ0v) is 14.2. The van der Waals surface area contributed by atoms with Gasteiger partial charge in [0, 0.05) is 6.54 Å². The number of ether oxygens (including phenoxy) is 1. The molecule has 0 fully saturated rings. The molecule has 0 saturated heterocycles. The van der Waals surface area contributed by atoms with Gasteiger partial charge in [-0.05, 0) is 43.0 Å². The highest BCUT2D eigenvalue weighted by molar-refractivity contribution is 7.85. The van der Waals surface area contributed by atoms with Crippen LogP contribution in [0.25, 0.3) is 0 Å². The fourth-order valence-corrected chi connectivity index (χ4v) is 2.68. The van der Waals surface area contributed by atoms with Gasteiger partial charge in [-0.2, -0.15) is 13.5 Å². The van der Waals surface area contributed by atoms with Crippen molar-refractivity contribution in [2.75, 3.05) is 24.8 Å². The first-order chi connectivity index (χ1) is 11.5. The van der Waals surface area contributed by atoms with Crippen LogP contribution in [0.5, 0.6) is 5.75 Å². The van der Waals surface area contributed by atoms with Crippen LogP contribution in [0.3, 0.4) is 0 Å². The van der Waals surface area contributed by atoms with Crippen molar-refractivity contribution in [1.82, 2.24) is 4.90 Å². The molecule has 1 aliphatic heterocycles. The Balaban J connectivity index is 1.88. The highest BCUT2D eigenvalue weighted by atomic mass is 32.2. The third kappa shape index (κ3) is 6.05. The Kier molecular flexibility index (Phi) is 6.39. The molecule has 1 unspecified atom stereocenters. The van der Waals surface area contributed by atoms with Crippen LogP contribution in [0.1, 0.15) is 6.42 Å². The van der Waals surface area contributed by atoms with Crippen LogP contribution in [0.15, 0.2) is 53.8 Å². The molecular weight excluding hydrogens is 330 g/mol. The van der Waals surface area contributed by atoms with E-state index in [2.05, 4.69) is 10.5 Å². The lowest BCUT2D eigenvalue weighted by molar-refractivity contribution is 0.371. The Hall–Kier alpha value is -2.32. The third-order valence-corrected chi connectivity index (χ3v) is 4.21. The van der Waals surface area contributed by atoms with Crippen LogP contribution in [0.2, 0.25) is 0 Å². The van der Waals surface area contributed by atoms with Gasteiger partial charge >= 0.3 is 0 Å². The summed E-state index contributed by atoms with van der Waals surface area (Å²) in [6, 6.07) is 7.31. The number of hydrogen-bond donors (Lipinski definition) is 2. The van der Waals surface area contributed by atoms with Gasteiger partial charge in [-0.3, -0.25) is 9.98 Å². The van der Waals surface area contributed by atoms with Crippen LogP contribution in [0, 0.1) is 0 Å². The first kappa shape index (κ1) is 18.0. The lowest BCUT2D eigenvalue weighted by Gasteiger charge is -2.27. The summed E-state index contributed by atoms with van der Waals surface area (Å²) in [4.78, 5) is 1.95. The zero-order chi connectivity index (χ0) is 17.4. The van der Waals surface area contributed by atoms with Gasteiger partial charge in [0.1, 0.15) is 5.75 Å². The SMILES string of the molecule is COc1ccc(NN=CC2C=CC=CN2CCCS(=O)(=O)O)cc1. The van der Waals surface area contributed by atoms with E-state index in [4.69, 9.17) is 9.29 Å². The molecule has 0 radical (unpaired) electrons. The molecule has 7 nitrogen and oxygen atoms in total. The average molecular weight is 351 g/mol. The van der Waals surface area contributed by atoms with Crippen molar-refractivity contribution < 1.29 is 17.7 Å². The number of hydrazone groups is 1. The number of allylic oxidation sites excluding steroid dienone is 2. The molecule has 8 heteroatoms. The van der Waals surface area contributed by atoms with Crippen molar-refractivity contribution >= 4 is 22.0 Å². The molecule has 2 rings (SSSR count). The Morgan fingerprint density at radius 1 is 1.33 bits per heavy atom. The lowest BCUT2D eigenvalue weighted by Crippen LogP contribution is -2.33. The summed E-state index contributed by atoms with van der Waals surface area (Å²) in [5.74, 6) is 0.518. The summed E-state index contributed by atoms with van der Waals surface area (Å²) in [6.45, 7) is 0.500. The van der Waals surface area contributed by atoms with E-state index >= 15 is 0 Å². The lowest BCUT2D eigenvalue weighted by atomic mass is 10.2. The van der Waals surface area contributed by atoms with E-state index in [1.807, 2.05) is 53.6 Å². The monoisotopic (exact) mass is 351 g/mol. The van der Waals surface area contributed by atoms with Gasteiger partial charge in [-0.25, -0.2) is 0 Å². The second kappa shape index (κ2) is 8.51. The van der Waals surface area contributed by atoms with E-state index in [9.17, 15) is 8.42 Å². The maximum atomic E-state index is 10.8. The minimum atomic E-state index is -3.93. The van der Waals surface area contributed by atoms with Gasteiger partial charge in [0.2, 0.25) is 0 Å². The highest BCUT2D eigenvalue weighted by Gasteiger charge is 2.13. The standard InChI is InChI=1S/C16H21N3O4S/c1-23-16-8-6-14(7-9-16)18-17-13-15-5-2-3-10-19(15)11-4-12-24(20,21)22/h2-3,5-10,13,15,18H,4,11-12H2,1H3,(H,20,21,22). The van der Waals surface area contributed by atoms with Gasteiger partial charge in [-0.15, -0.1) is 0 Å². The molecule has 1 atom stereocenters. The molecule has 0 aromatic heterocycles. The second-order valence-corrected chi connectivity index (χ2v) is 6.78. The molecule has 0 spiro atoms. The van der Waals surface area contributed by atoms with Crippen molar-refractivity contribution in [1.29, 1.82) is 0 Å². The normalized spacial score (nSPS) is 17.4. The number of hydrogen-bond acceptors (Lipinski definition) is 6. The van der Waals surface area contributed by atoms with E-state index in [0.29, 0.717) is 13.0 Å². The van der Waals surface area contributed by atoms with E-state index < -0.39 is 10.1 Å². The fraction of sp³-hybridized carbons (Fsp3) is 0.312. The first-order valence-electron chi connectivity index (χ1n) is 7.47. The quantitative estimate of drug-likeness (QED) is 0.423.